The van der Waals surface area contributed by atoms with Crippen LogP contribution < -0.4 is 4.74 Å². The monoisotopic (exact) mass is 382 g/mol. The van der Waals surface area contributed by atoms with E-state index in [2.05, 4.69) is 0 Å². The van der Waals surface area contributed by atoms with Crippen molar-refractivity contribution < 1.29 is 26.7 Å². The second-order valence-corrected chi connectivity index (χ2v) is 9.83. The Labute approximate surface area is 146 Å². The number of hydrogen-bond acceptors (Lipinski definition) is 6. The van der Waals surface area contributed by atoms with E-state index in [-0.39, 0.29) is 34.3 Å². The molecule has 0 saturated heterocycles. The predicted molar refractivity (Wildman–Crippen MR) is 92.1 cm³/mol. The molecule has 0 bridgehead atoms. The Morgan fingerprint density at radius 2 is 1.80 bits per heavy atom. The zero-order valence-corrected chi connectivity index (χ0v) is 15.0. The Hall–Kier alpha value is -1.90. The highest BCUT2D eigenvalue weighted by Gasteiger charge is 2.44. The molecule has 2 aromatic rings. The fourth-order valence-electron chi connectivity index (χ4n) is 2.88. The van der Waals surface area contributed by atoms with Crippen molar-refractivity contribution in [3.8, 4) is 5.75 Å². The molecule has 1 N–H and O–H groups in total. The second kappa shape index (κ2) is 6.78. The van der Waals surface area contributed by atoms with E-state index in [9.17, 15) is 16.8 Å². The minimum Gasteiger partial charge on any atom is -0.492 e. The summed E-state index contributed by atoms with van der Waals surface area (Å²) in [5.41, 5.74) is 0.241. The molecule has 1 unspecified atom stereocenters. The van der Waals surface area contributed by atoms with Crippen molar-refractivity contribution >= 4 is 19.7 Å². The van der Waals surface area contributed by atoms with Crippen LogP contribution in [0.5, 0.6) is 5.75 Å². The Morgan fingerprint density at radius 1 is 1.08 bits per heavy atom. The predicted octanol–water partition coefficient (Wildman–Crippen LogP) is 1.75. The molecule has 25 heavy (non-hydrogen) atoms. The summed E-state index contributed by atoms with van der Waals surface area (Å²) in [6, 6.07) is 12.4. The minimum atomic E-state index is -3.84. The number of fused-ring (bicyclic) bond motifs is 1. The van der Waals surface area contributed by atoms with Gasteiger partial charge in [-0.05, 0) is 23.8 Å². The lowest BCUT2D eigenvalue weighted by atomic mass is 10.1. The summed E-state index contributed by atoms with van der Waals surface area (Å²) in [6.45, 7) is 0.0748. The van der Waals surface area contributed by atoms with Gasteiger partial charge in [-0.2, -0.15) is 0 Å². The van der Waals surface area contributed by atoms with Crippen LogP contribution in [0.15, 0.2) is 58.3 Å². The van der Waals surface area contributed by atoms with Crippen molar-refractivity contribution in [1.29, 1.82) is 0 Å². The van der Waals surface area contributed by atoms with Crippen LogP contribution in [0.25, 0.3) is 0 Å². The molecule has 1 aliphatic heterocycles. The molecule has 0 amide bonds. The molecule has 1 atom stereocenters. The first-order valence-electron chi connectivity index (χ1n) is 7.76. The van der Waals surface area contributed by atoms with E-state index in [1.165, 1.54) is 24.3 Å². The van der Waals surface area contributed by atoms with Crippen LogP contribution in [0.2, 0.25) is 0 Å². The van der Waals surface area contributed by atoms with Gasteiger partial charge in [-0.25, -0.2) is 16.8 Å². The van der Waals surface area contributed by atoms with Crippen LogP contribution in [-0.2, 0) is 19.7 Å². The van der Waals surface area contributed by atoms with Gasteiger partial charge in [-0.1, -0.05) is 30.3 Å². The van der Waals surface area contributed by atoms with Crippen LogP contribution in [0, 0.1) is 0 Å². The van der Waals surface area contributed by atoms with Gasteiger partial charge in [0.15, 0.2) is 19.7 Å². The number of benzene rings is 2. The Kier molecular flexibility index (Phi) is 4.86. The first kappa shape index (κ1) is 17.9. The van der Waals surface area contributed by atoms with Gasteiger partial charge in [0.05, 0.1) is 17.3 Å². The largest absolute Gasteiger partial charge is 0.492 e. The van der Waals surface area contributed by atoms with E-state index >= 15 is 0 Å². The molecule has 0 fully saturated rings. The molecule has 1 heterocycles. The third kappa shape index (κ3) is 3.29. The Bertz CT molecular complexity index is 965. The lowest BCUT2D eigenvalue weighted by molar-refractivity contribution is 0.231. The molecular formula is C17H18O6S2. The van der Waals surface area contributed by atoms with Gasteiger partial charge >= 0.3 is 0 Å². The molecule has 0 aromatic heterocycles. The average Bonchev–Trinajstić information content (AvgIpc) is 2.89. The molecule has 0 saturated carbocycles. The number of rotatable bonds is 6. The van der Waals surface area contributed by atoms with E-state index in [4.69, 9.17) is 9.84 Å². The molecule has 134 valence electrons. The smallest absolute Gasteiger partial charge is 0.186 e. The maximum Gasteiger partial charge on any atom is 0.186 e. The standard InChI is InChI=1S/C17H18O6S2/c18-10-5-11-23-15-9-4-8-14-16(12-24(19,20)17(14)15)25(21,22)13-6-2-1-3-7-13/h1-4,6-9,16,18H,5,10-12H2. The third-order valence-corrected chi connectivity index (χ3v) is 8.19. The van der Waals surface area contributed by atoms with E-state index in [0.29, 0.717) is 6.42 Å². The Morgan fingerprint density at radius 3 is 2.48 bits per heavy atom. The number of sulfone groups is 2. The quantitative estimate of drug-likeness (QED) is 0.765. The van der Waals surface area contributed by atoms with Gasteiger partial charge < -0.3 is 9.84 Å². The minimum absolute atomic E-state index is 0.0579. The summed E-state index contributed by atoms with van der Waals surface area (Å²) >= 11 is 0. The van der Waals surface area contributed by atoms with Gasteiger partial charge in [-0.15, -0.1) is 0 Å². The highest BCUT2D eigenvalue weighted by molar-refractivity contribution is 7.96. The van der Waals surface area contributed by atoms with E-state index < -0.39 is 30.7 Å². The molecule has 6 nitrogen and oxygen atoms in total. The van der Waals surface area contributed by atoms with E-state index in [0.717, 1.165) is 0 Å². The van der Waals surface area contributed by atoms with Crippen LogP contribution in [0.3, 0.4) is 0 Å². The summed E-state index contributed by atoms with van der Waals surface area (Å²) in [5, 5.41) is 7.68. The summed E-state index contributed by atoms with van der Waals surface area (Å²) in [6.07, 6.45) is 0.357. The highest BCUT2D eigenvalue weighted by Crippen LogP contribution is 2.44. The maximum absolute atomic E-state index is 12.9. The van der Waals surface area contributed by atoms with Crippen molar-refractivity contribution in [2.75, 3.05) is 19.0 Å². The molecule has 0 spiro atoms. The van der Waals surface area contributed by atoms with Gasteiger partial charge in [-0.3, -0.25) is 0 Å². The molecule has 0 aliphatic carbocycles. The lowest BCUT2D eigenvalue weighted by Crippen LogP contribution is -2.15. The van der Waals surface area contributed by atoms with Crippen LogP contribution in [-0.4, -0.2) is 40.9 Å². The van der Waals surface area contributed by atoms with Gasteiger partial charge in [0.1, 0.15) is 15.9 Å². The first-order chi connectivity index (χ1) is 11.9. The van der Waals surface area contributed by atoms with Crippen molar-refractivity contribution in [3.05, 3.63) is 54.1 Å². The maximum atomic E-state index is 12.9. The second-order valence-electron chi connectivity index (χ2n) is 5.73. The van der Waals surface area contributed by atoms with Crippen LogP contribution >= 0.6 is 0 Å². The number of aliphatic hydroxyl groups is 1. The molecule has 3 rings (SSSR count). The average molecular weight is 382 g/mol. The van der Waals surface area contributed by atoms with Crippen molar-refractivity contribution in [1.82, 2.24) is 0 Å². The summed E-state index contributed by atoms with van der Waals surface area (Å²) < 4.78 is 56.5. The number of aliphatic hydroxyl groups excluding tert-OH is 1. The zero-order valence-electron chi connectivity index (χ0n) is 13.3. The third-order valence-electron chi connectivity index (χ3n) is 4.04. The Balaban J connectivity index is 2.07. The molecular weight excluding hydrogens is 364 g/mol. The topological polar surface area (TPSA) is 97.7 Å². The van der Waals surface area contributed by atoms with Crippen LogP contribution in [0.4, 0.5) is 0 Å². The highest BCUT2D eigenvalue weighted by atomic mass is 32.2. The number of hydrogen-bond donors (Lipinski definition) is 1. The van der Waals surface area contributed by atoms with Crippen molar-refractivity contribution in [2.24, 2.45) is 0 Å². The molecule has 1 aliphatic rings. The lowest BCUT2D eigenvalue weighted by Gasteiger charge is -2.13. The van der Waals surface area contributed by atoms with Crippen LogP contribution in [0.1, 0.15) is 17.2 Å². The normalized spacial score (nSPS) is 18.7. The molecule has 2 aromatic carbocycles. The van der Waals surface area contributed by atoms with E-state index in [1.807, 2.05) is 0 Å². The van der Waals surface area contributed by atoms with Crippen molar-refractivity contribution in [3.63, 3.8) is 0 Å². The number of ether oxygens (including phenoxy) is 1. The molecule has 8 heteroatoms. The SMILES string of the molecule is O=S1(=O)CC(S(=O)(=O)c2ccccc2)c2cccc(OCCCO)c21. The molecule has 0 radical (unpaired) electrons. The summed E-state index contributed by atoms with van der Waals surface area (Å²) in [5.74, 6) is -0.364. The van der Waals surface area contributed by atoms with Crippen molar-refractivity contribution in [2.45, 2.75) is 21.5 Å². The fraction of sp³-hybridized carbons (Fsp3) is 0.294. The van der Waals surface area contributed by atoms with Gasteiger partial charge in [0.2, 0.25) is 0 Å². The van der Waals surface area contributed by atoms with E-state index in [1.54, 1.807) is 24.3 Å². The summed E-state index contributed by atoms with van der Waals surface area (Å²) in [4.78, 5) is 0.0343. The zero-order chi connectivity index (χ0) is 18.1. The van der Waals surface area contributed by atoms with Gasteiger partial charge in [0, 0.05) is 13.0 Å². The van der Waals surface area contributed by atoms with Gasteiger partial charge in [0.25, 0.3) is 0 Å². The summed E-state index contributed by atoms with van der Waals surface area (Å²) in [7, 11) is -7.62. The first-order valence-corrected chi connectivity index (χ1v) is 11.0. The fourth-order valence-corrected chi connectivity index (χ4v) is 7.36.